The number of terminal acetylenes is 1. The van der Waals surface area contributed by atoms with Gasteiger partial charge in [0, 0.05) is 5.56 Å². The van der Waals surface area contributed by atoms with Gasteiger partial charge in [-0.1, -0.05) is 12.0 Å². The molecule has 1 heterocycles. The molecule has 2 aromatic rings. The van der Waals surface area contributed by atoms with Crippen LogP contribution in [0.2, 0.25) is 0 Å². The van der Waals surface area contributed by atoms with Crippen LogP contribution in [-0.2, 0) is 6.54 Å². The molecule has 0 spiro atoms. The van der Waals surface area contributed by atoms with Crippen LogP contribution < -0.4 is 5.73 Å². The van der Waals surface area contributed by atoms with E-state index in [-0.39, 0.29) is 5.82 Å². The van der Waals surface area contributed by atoms with Crippen LogP contribution in [0.3, 0.4) is 0 Å². The van der Waals surface area contributed by atoms with E-state index >= 15 is 0 Å². The van der Waals surface area contributed by atoms with Gasteiger partial charge in [-0.05, 0) is 28.1 Å². The Labute approximate surface area is 107 Å². The van der Waals surface area contributed by atoms with E-state index in [2.05, 4.69) is 26.8 Å². The van der Waals surface area contributed by atoms with Gasteiger partial charge in [0.2, 0.25) is 0 Å². The number of nitrogens with two attached hydrogens (primary N) is 1. The number of aromatic nitrogens is 2. The molecule has 0 radical (unpaired) electrons. The highest BCUT2D eigenvalue weighted by Gasteiger charge is 2.11. The maximum absolute atomic E-state index is 13.4. The number of imidazole rings is 1. The second-order valence-electron chi connectivity index (χ2n) is 3.44. The van der Waals surface area contributed by atoms with Crippen LogP contribution in [0.1, 0.15) is 0 Å². The second kappa shape index (κ2) is 4.60. The molecule has 0 saturated heterocycles. The molecule has 1 aromatic carbocycles. The normalized spacial score (nSPS) is 10.2. The molecular formula is C12H9BrFN3. The lowest BCUT2D eigenvalue weighted by atomic mass is 10.1. The first-order chi connectivity index (χ1) is 8.13. The number of nitrogen functional groups attached to an aromatic ring is 1. The van der Waals surface area contributed by atoms with Crippen molar-refractivity contribution >= 4 is 21.7 Å². The van der Waals surface area contributed by atoms with Crippen LogP contribution in [0.4, 0.5) is 10.2 Å². The standard InChI is InChI=1S/C12H9BrFN3/c1-2-5-17-7-16-11(12(17)15)8-3-4-9(13)10(14)6-8/h1,3-4,6-7H,5,15H2. The predicted octanol–water partition coefficient (Wildman–Crippen LogP) is 2.67. The lowest BCUT2D eigenvalue weighted by molar-refractivity contribution is 0.621. The van der Waals surface area contributed by atoms with Gasteiger partial charge in [0.1, 0.15) is 17.3 Å². The number of nitrogens with zero attached hydrogens (tertiary/aromatic N) is 2. The van der Waals surface area contributed by atoms with Gasteiger partial charge in [-0.25, -0.2) is 9.37 Å². The van der Waals surface area contributed by atoms with E-state index in [1.54, 1.807) is 23.0 Å². The molecule has 1 aromatic heterocycles. The van der Waals surface area contributed by atoms with Gasteiger partial charge in [0.05, 0.1) is 17.3 Å². The monoisotopic (exact) mass is 293 g/mol. The number of hydrogen-bond donors (Lipinski definition) is 1. The van der Waals surface area contributed by atoms with Gasteiger partial charge in [0.15, 0.2) is 0 Å². The van der Waals surface area contributed by atoms with Gasteiger partial charge in [-0.15, -0.1) is 6.42 Å². The molecule has 0 unspecified atom stereocenters. The number of hydrogen-bond acceptors (Lipinski definition) is 2. The second-order valence-corrected chi connectivity index (χ2v) is 4.29. The largest absolute Gasteiger partial charge is 0.383 e. The van der Waals surface area contributed by atoms with Crippen LogP contribution >= 0.6 is 15.9 Å². The van der Waals surface area contributed by atoms with Crippen LogP contribution in [-0.4, -0.2) is 9.55 Å². The highest BCUT2D eigenvalue weighted by molar-refractivity contribution is 9.10. The minimum atomic E-state index is -0.353. The summed E-state index contributed by atoms with van der Waals surface area (Å²) in [7, 11) is 0. The summed E-state index contributed by atoms with van der Waals surface area (Å²) in [6.45, 7) is 0.345. The van der Waals surface area contributed by atoms with Crippen LogP contribution in [0.5, 0.6) is 0 Å². The fourth-order valence-electron chi connectivity index (χ4n) is 1.48. The minimum Gasteiger partial charge on any atom is -0.383 e. The molecule has 0 fully saturated rings. The van der Waals surface area contributed by atoms with Crippen LogP contribution in [0.15, 0.2) is 29.0 Å². The van der Waals surface area contributed by atoms with E-state index in [0.717, 1.165) is 0 Å². The molecule has 86 valence electrons. The fourth-order valence-corrected chi connectivity index (χ4v) is 1.73. The van der Waals surface area contributed by atoms with Gasteiger partial charge in [-0.2, -0.15) is 0 Å². The van der Waals surface area contributed by atoms with Crippen molar-refractivity contribution < 1.29 is 4.39 Å². The molecule has 0 saturated carbocycles. The lowest BCUT2D eigenvalue weighted by Crippen LogP contribution is -2.00. The van der Waals surface area contributed by atoms with Crippen molar-refractivity contribution in [3.05, 3.63) is 34.8 Å². The van der Waals surface area contributed by atoms with Crippen molar-refractivity contribution in [1.29, 1.82) is 0 Å². The minimum absolute atomic E-state index is 0.345. The molecule has 3 nitrogen and oxygen atoms in total. The highest BCUT2D eigenvalue weighted by Crippen LogP contribution is 2.27. The van der Waals surface area contributed by atoms with Gasteiger partial charge in [-0.3, -0.25) is 0 Å². The Hall–Kier alpha value is -1.80. The predicted molar refractivity (Wildman–Crippen MR) is 68.6 cm³/mol. The third-order valence-electron chi connectivity index (χ3n) is 2.33. The van der Waals surface area contributed by atoms with E-state index in [1.165, 1.54) is 6.07 Å². The number of halogens is 2. The van der Waals surface area contributed by atoms with Crippen molar-refractivity contribution in [3.8, 4) is 23.6 Å². The number of anilines is 1. The Morgan fingerprint density at radius 2 is 2.29 bits per heavy atom. The highest BCUT2D eigenvalue weighted by atomic mass is 79.9. The third kappa shape index (κ3) is 2.17. The van der Waals surface area contributed by atoms with E-state index in [0.29, 0.717) is 28.1 Å². The van der Waals surface area contributed by atoms with Crippen molar-refractivity contribution in [1.82, 2.24) is 9.55 Å². The maximum atomic E-state index is 13.4. The molecule has 0 amide bonds. The topological polar surface area (TPSA) is 43.8 Å². The van der Waals surface area contributed by atoms with Gasteiger partial charge >= 0.3 is 0 Å². The zero-order chi connectivity index (χ0) is 12.4. The van der Waals surface area contributed by atoms with Crippen molar-refractivity contribution in [2.24, 2.45) is 0 Å². The first-order valence-electron chi connectivity index (χ1n) is 4.83. The average molecular weight is 294 g/mol. The van der Waals surface area contributed by atoms with Crippen LogP contribution in [0, 0.1) is 18.2 Å². The summed E-state index contributed by atoms with van der Waals surface area (Å²) >= 11 is 3.09. The summed E-state index contributed by atoms with van der Waals surface area (Å²) in [4.78, 5) is 4.14. The first kappa shape index (κ1) is 11.7. The molecule has 0 bridgehead atoms. The molecule has 2 N–H and O–H groups in total. The summed E-state index contributed by atoms with van der Waals surface area (Å²) in [5.41, 5.74) is 7.04. The van der Waals surface area contributed by atoms with Crippen molar-refractivity contribution in [2.75, 3.05) is 5.73 Å². The van der Waals surface area contributed by atoms with Crippen LogP contribution in [0.25, 0.3) is 11.3 Å². The fraction of sp³-hybridized carbons (Fsp3) is 0.0833. The Morgan fingerprint density at radius 3 is 2.94 bits per heavy atom. The molecular weight excluding hydrogens is 285 g/mol. The Kier molecular flexibility index (Phi) is 3.16. The van der Waals surface area contributed by atoms with E-state index in [4.69, 9.17) is 12.2 Å². The molecule has 0 aliphatic carbocycles. The molecule has 17 heavy (non-hydrogen) atoms. The lowest BCUT2D eigenvalue weighted by Gasteiger charge is -2.03. The zero-order valence-corrected chi connectivity index (χ0v) is 10.4. The molecule has 5 heteroatoms. The summed E-state index contributed by atoms with van der Waals surface area (Å²) in [5, 5.41) is 0. The molecule has 2 rings (SSSR count). The van der Waals surface area contributed by atoms with E-state index in [9.17, 15) is 4.39 Å². The summed E-state index contributed by atoms with van der Waals surface area (Å²) in [6, 6.07) is 4.74. The summed E-state index contributed by atoms with van der Waals surface area (Å²) < 4.78 is 15.4. The summed E-state index contributed by atoms with van der Waals surface area (Å²) in [5.74, 6) is 2.55. The van der Waals surface area contributed by atoms with E-state index in [1.807, 2.05) is 0 Å². The first-order valence-corrected chi connectivity index (χ1v) is 5.62. The molecule has 0 atom stereocenters. The van der Waals surface area contributed by atoms with Gasteiger partial charge in [0.25, 0.3) is 0 Å². The number of rotatable bonds is 2. The van der Waals surface area contributed by atoms with Crippen molar-refractivity contribution in [3.63, 3.8) is 0 Å². The van der Waals surface area contributed by atoms with E-state index < -0.39 is 0 Å². The Balaban J connectivity index is 2.47. The zero-order valence-electron chi connectivity index (χ0n) is 8.82. The number of benzene rings is 1. The average Bonchev–Trinajstić information content (AvgIpc) is 2.66. The third-order valence-corrected chi connectivity index (χ3v) is 2.98. The maximum Gasteiger partial charge on any atom is 0.138 e. The Morgan fingerprint density at radius 1 is 1.53 bits per heavy atom. The SMILES string of the molecule is C#CCn1cnc(-c2ccc(Br)c(F)c2)c1N. The summed E-state index contributed by atoms with van der Waals surface area (Å²) in [6.07, 6.45) is 6.75. The molecule has 0 aliphatic heterocycles. The van der Waals surface area contributed by atoms with Crippen molar-refractivity contribution in [2.45, 2.75) is 6.54 Å². The Bertz CT molecular complexity index is 598. The smallest absolute Gasteiger partial charge is 0.138 e. The quantitative estimate of drug-likeness (QED) is 0.865. The van der Waals surface area contributed by atoms with Gasteiger partial charge < -0.3 is 10.3 Å². The molecule has 0 aliphatic rings.